The molecule has 4 aromatic rings. The number of pyridine rings is 1. The molecule has 3 heterocycles. The summed E-state index contributed by atoms with van der Waals surface area (Å²) in [6.45, 7) is 4.92. The summed E-state index contributed by atoms with van der Waals surface area (Å²) >= 11 is 1.41. The van der Waals surface area contributed by atoms with Crippen LogP contribution in [0.3, 0.4) is 0 Å². The van der Waals surface area contributed by atoms with E-state index in [0.29, 0.717) is 4.88 Å². The van der Waals surface area contributed by atoms with Crippen LogP contribution in [0.25, 0.3) is 10.6 Å². The van der Waals surface area contributed by atoms with Crippen molar-refractivity contribution in [2.24, 2.45) is 0 Å². The molecule has 0 radical (unpaired) electrons. The van der Waals surface area contributed by atoms with E-state index in [1.165, 1.54) is 16.9 Å². The molecule has 6 nitrogen and oxygen atoms in total. The molecule has 1 aliphatic rings. The second-order valence-electron chi connectivity index (χ2n) is 8.30. The van der Waals surface area contributed by atoms with E-state index < -0.39 is 0 Å². The van der Waals surface area contributed by atoms with Gasteiger partial charge >= 0.3 is 0 Å². The molecular formula is C27H27N5OS. The van der Waals surface area contributed by atoms with Crippen LogP contribution in [0.5, 0.6) is 0 Å². The molecule has 7 heteroatoms. The second-order valence-corrected chi connectivity index (χ2v) is 9.33. The molecule has 172 valence electrons. The normalized spacial score (nSPS) is 14.2. The fourth-order valence-corrected chi connectivity index (χ4v) is 5.00. The van der Waals surface area contributed by atoms with Gasteiger partial charge in [0.2, 0.25) is 0 Å². The van der Waals surface area contributed by atoms with Crippen LogP contribution >= 0.6 is 11.3 Å². The van der Waals surface area contributed by atoms with Gasteiger partial charge in [-0.15, -0.1) is 11.3 Å². The maximum atomic E-state index is 13.0. The zero-order valence-electron chi connectivity index (χ0n) is 18.9. The smallest absolute Gasteiger partial charge is 0.267 e. The SMILES string of the molecule is O=C(Nc1ccccc1N1CCN(CCc2ccncc2)CC1)c1cnc(-c2ccccc2)s1. The van der Waals surface area contributed by atoms with Crippen molar-refractivity contribution in [2.45, 2.75) is 6.42 Å². The first kappa shape index (κ1) is 22.3. The van der Waals surface area contributed by atoms with E-state index in [4.69, 9.17) is 0 Å². The number of rotatable bonds is 7. The van der Waals surface area contributed by atoms with E-state index in [1.54, 1.807) is 6.20 Å². The van der Waals surface area contributed by atoms with Crippen LogP contribution in [0.15, 0.2) is 85.3 Å². The van der Waals surface area contributed by atoms with Crippen molar-refractivity contribution in [1.82, 2.24) is 14.9 Å². The fraction of sp³-hybridized carbons (Fsp3) is 0.222. The second kappa shape index (κ2) is 10.6. The number of hydrogen-bond donors (Lipinski definition) is 1. The third-order valence-electron chi connectivity index (χ3n) is 6.08. The van der Waals surface area contributed by atoms with E-state index >= 15 is 0 Å². The lowest BCUT2D eigenvalue weighted by atomic mass is 10.1. The summed E-state index contributed by atoms with van der Waals surface area (Å²) in [5, 5.41) is 3.97. The highest BCUT2D eigenvalue weighted by molar-refractivity contribution is 7.17. The molecule has 0 aliphatic carbocycles. The van der Waals surface area contributed by atoms with Crippen LogP contribution in [-0.4, -0.2) is 53.5 Å². The van der Waals surface area contributed by atoms with Crippen LogP contribution in [0.4, 0.5) is 11.4 Å². The molecule has 5 rings (SSSR count). The summed E-state index contributed by atoms with van der Waals surface area (Å²) in [4.78, 5) is 27.0. The standard InChI is InChI=1S/C27H27N5OS/c33-26(25-20-29-27(34-25)22-6-2-1-3-7-22)30-23-8-4-5-9-24(23)32-18-16-31(17-19-32)15-12-21-10-13-28-14-11-21/h1-11,13-14,20H,12,15-19H2,(H,30,33). The van der Waals surface area contributed by atoms with Gasteiger partial charge in [-0.05, 0) is 36.2 Å². The van der Waals surface area contributed by atoms with Gasteiger partial charge in [-0.3, -0.25) is 14.7 Å². The molecule has 0 spiro atoms. The number of aromatic nitrogens is 2. The zero-order valence-corrected chi connectivity index (χ0v) is 19.7. The summed E-state index contributed by atoms with van der Waals surface area (Å²) in [5.74, 6) is -0.122. The highest BCUT2D eigenvalue weighted by Crippen LogP contribution is 2.29. The highest BCUT2D eigenvalue weighted by atomic mass is 32.1. The van der Waals surface area contributed by atoms with Gasteiger partial charge in [-0.25, -0.2) is 4.98 Å². The van der Waals surface area contributed by atoms with E-state index in [1.807, 2.05) is 60.9 Å². The van der Waals surface area contributed by atoms with Crippen LogP contribution < -0.4 is 10.2 Å². The van der Waals surface area contributed by atoms with Crippen LogP contribution in [0, 0.1) is 0 Å². The molecule has 2 aromatic heterocycles. The molecule has 1 amide bonds. The maximum absolute atomic E-state index is 13.0. The van der Waals surface area contributed by atoms with Gasteiger partial charge < -0.3 is 10.2 Å². The van der Waals surface area contributed by atoms with E-state index in [2.05, 4.69) is 43.3 Å². The lowest BCUT2D eigenvalue weighted by Crippen LogP contribution is -2.47. The van der Waals surface area contributed by atoms with Crippen LogP contribution in [-0.2, 0) is 6.42 Å². The quantitative estimate of drug-likeness (QED) is 0.420. The number of carbonyl (C=O) groups is 1. The number of anilines is 2. The fourth-order valence-electron chi connectivity index (χ4n) is 4.18. The number of piperazine rings is 1. The van der Waals surface area contributed by atoms with Crippen molar-refractivity contribution in [1.29, 1.82) is 0 Å². The molecule has 1 N–H and O–H groups in total. The third-order valence-corrected chi connectivity index (χ3v) is 7.13. The predicted molar refractivity (Wildman–Crippen MR) is 139 cm³/mol. The summed E-state index contributed by atoms with van der Waals surface area (Å²) in [5.41, 5.74) is 4.25. The summed E-state index contributed by atoms with van der Waals surface area (Å²) in [7, 11) is 0. The maximum Gasteiger partial charge on any atom is 0.267 e. The summed E-state index contributed by atoms with van der Waals surface area (Å²) in [6, 6.07) is 22.2. The summed E-state index contributed by atoms with van der Waals surface area (Å²) < 4.78 is 0. The Morgan fingerprint density at radius 3 is 2.44 bits per heavy atom. The van der Waals surface area contributed by atoms with Crippen molar-refractivity contribution in [2.75, 3.05) is 42.9 Å². The Morgan fingerprint density at radius 2 is 1.65 bits per heavy atom. The average molecular weight is 470 g/mol. The lowest BCUT2D eigenvalue weighted by molar-refractivity contribution is 0.103. The van der Waals surface area contributed by atoms with Crippen molar-refractivity contribution in [3.63, 3.8) is 0 Å². The number of nitrogens with zero attached hydrogens (tertiary/aromatic N) is 4. The first-order valence-electron chi connectivity index (χ1n) is 11.5. The first-order chi connectivity index (χ1) is 16.8. The third kappa shape index (κ3) is 5.32. The van der Waals surface area contributed by atoms with E-state index in [9.17, 15) is 4.79 Å². The van der Waals surface area contributed by atoms with Crippen molar-refractivity contribution < 1.29 is 4.79 Å². The lowest BCUT2D eigenvalue weighted by Gasteiger charge is -2.37. The average Bonchev–Trinajstić information content (AvgIpc) is 3.40. The monoisotopic (exact) mass is 469 g/mol. The van der Waals surface area contributed by atoms with Crippen molar-refractivity contribution >= 4 is 28.6 Å². The zero-order chi connectivity index (χ0) is 23.2. The molecule has 0 bridgehead atoms. The molecule has 1 aliphatic heterocycles. The van der Waals surface area contributed by atoms with Gasteiger partial charge in [0.15, 0.2) is 0 Å². The Morgan fingerprint density at radius 1 is 0.912 bits per heavy atom. The number of para-hydroxylation sites is 2. The molecule has 0 atom stereocenters. The van der Waals surface area contributed by atoms with Crippen LogP contribution in [0.1, 0.15) is 15.2 Å². The molecule has 2 aromatic carbocycles. The van der Waals surface area contributed by atoms with Gasteiger partial charge in [0.1, 0.15) is 9.88 Å². The molecule has 0 unspecified atom stereocenters. The number of benzene rings is 2. The Balaban J connectivity index is 1.20. The molecule has 34 heavy (non-hydrogen) atoms. The van der Waals surface area contributed by atoms with E-state index in [-0.39, 0.29) is 5.91 Å². The van der Waals surface area contributed by atoms with Gasteiger partial charge in [0.05, 0.1) is 17.6 Å². The molecule has 0 saturated carbocycles. The van der Waals surface area contributed by atoms with Crippen molar-refractivity contribution in [3.8, 4) is 10.6 Å². The number of thiazole rings is 1. The van der Waals surface area contributed by atoms with Gasteiger partial charge in [-0.2, -0.15) is 0 Å². The number of amides is 1. The van der Waals surface area contributed by atoms with Gasteiger partial charge in [0.25, 0.3) is 5.91 Å². The largest absolute Gasteiger partial charge is 0.367 e. The Kier molecular flexibility index (Phi) is 6.93. The number of nitrogens with one attached hydrogen (secondary N) is 1. The Bertz CT molecular complexity index is 1220. The van der Waals surface area contributed by atoms with Gasteiger partial charge in [-0.1, -0.05) is 42.5 Å². The minimum Gasteiger partial charge on any atom is -0.367 e. The minimum atomic E-state index is -0.122. The predicted octanol–water partition coefficient (Wildman–Crippen LogP) is 4.82. The Hall–Kier alpha value is -3.55. The highest BCUT2D eigenvalue weighted by Gasteiger charge is 2.20. The van der Waals surface area contributed by atoms with E-state index in [0.717, 1.165) is 61.1 Å². The molecule has 1 saturated heterocycles. The van der Waals surface area contributed by atoms with Crippen molar-refractivity contribution in [3.05, 3.63) is 95.8 Å². The van der Waals surface area contributed by atoms with Gasteiger partial charge in [0, 0.05) is 50.7 Å². The van der Waals surface area contributed by atoms with Crippen LogP contribution in [0.2, 0.25) is 0 Å². The minimum absolute atomic E-state index is 0.122. The Labute approximate surface area is 203 Å². The molecule has 1 fully saturated rings. The molecular weight excluding hydrogens is 442 g/mol. The number of hydrogen-bond acceptors (Lipinski definition) is 6. The topological polar surface area (TPSA) is 61.4 Å². The first-order valence-corrected chi connectivity index (χ1v) is 12.4. The number of carbonyl (C=O) groups excluding carboxylic acids is 1. The summed E-state index contributed by atoms with van der Waals surface area (Å²) in [6.07, 6.45) is 6.40.